The Morgan fingerprint density at radius 3 is 2.94 bits per heavy atom. The minimum atomic E-state index is -0.483. The number of rotatable bonds is 3. The summed E-state index contributed by atoms with van der Waals surface area (Å²) < 4.78 is 18.5. The Bertz CT molecular complexity index is 604. The number of aromatic nitrogens is 2. The molecule has 0 aliphatic carbocycles. The van der Waals surface area contributed by atoms with Gasteiger partial charge in [0.15, 0.2) is 0 Å². The second-order valence-corrected chi connectivity index (χ2v) is 3.89. The maximum absolute atomic E-state index is 13.7. The van der Waals surface area contributed by atoms with Crippen LogP contribution in [0.4, 0.5) is 4.39 Å². The Morgan fingerprint density at radius 1 is 1.44 bits per heavy atom. The fraction of sp³-hybridized carbons (Fsp3) is 0.250. The van der Waals surface area contributed by atoms with E-state index in [9.17, 15) is 9.18 Å². The van der Waals surface area contributed by atoms with E-state index in [2.05, 4.69) is 9.97 Å². The minimum absolute atomic E-state index is 0.0209. The smallest absolute Gasteiger partial charge is 0.311 e. The number of hydrogen-bond donors (Lipinski definition) is 0. The molecule has 0 aliphatic heterocycles. The van der Waals surface area contributed by atoms with Crippen LogP contribution in [0, 0.1) is 5.82 Å². The summed E-state index contributed by atoms with van der Waals surface area (Å²) in [7, 11) is 0. The van der Waals surface area contributed by atoms with Crippen molar-refractivity contribution in [2.75, 3.05) is 6.61 Å². The monoisotopic (exact) mass is 268 g/mol. The molecule has 2 rings (SSSR count). The highest BCUT2D eigenvalue weighted by molar-refractivity contribution is 6.28. The molecule has 94 valence electrons. The van der Waals surface area contributed by atoms with Gasteiger partial charge < -0.3 is 4.74 Å². The number of fused-ring (bicyclic) bond motifs is 1. The van der Waals surface area contributed by atoms with Gasteiger partial charge in [-0.15, -0.1) is 0 Å². The van der Waals surface area contributed by atoms with Gasteiger partial charge in [0.25, 0.3) is 0 Å². The van der Waals surface area contributed by atoms with E-state index >= 15 is 0 Å². The molecule has 0 unspecified atom stereocenters. The first-order chi connectivity index (χ1) is 8.61. The molecule has 0 N–H and O–H groups in total. The molecule has 0 amide bonds. The summed E-state index contributed by atoms with van der Waals surface area (Å²) in [6, 6.07) is 4.42. The molecule has 0 saturated heterocycles. The highest BCUT2D eigenvalue weighted by Gasteiger charge is 2.14. The van der Waals surface area contributed by atoms with Crippen molar-refractivity contribution < 1.29 is 13.9 Å². The molecule has 0 bridgehead atoms. The molecule has 0 fully saturated rings. The van der Waals surface area contributed by atoms with E-state index in [0.717, 1.165) is 0 Å². The van der Waals surface area contributed by atoms with Crippen LogP contribution >= 0.6 is 11.6 Å². The van der Waals surface area contributed by atoms with Gasteiger partial charge in [0.05, 0.1) is 29.6 Å². The number of halogens is 2. The Hall–Kier alpha value is -1.75. The van der Waals surface area contributed by atoms with Crippen molar-refractivity contribution in [3.05, 3.63) is 35.0 Å². The van der Waals surface area contributed by atoms with E-state index in [-0.39, 0.29) is 29.4 Å². The lowest BCUT2D eigenvalue weighted by Crippen LogP contribution is -2.10. The molecule has 0 radical (unpaired) electrons. The molecule has 1 heterocycles. The van der Waals surface area contributed by atoms with Gasteiger partial charge in [0.1, 0.15) is 5.82 Å². The summed E-state index contributed by atoms with van der Waals surface area (Å²) in [5.74, 6) is -0.958. The van der Waals surface area contributed by atoms with Crippen LogP contribution in [-0.4, -0.2) is 22.5 Å². The minimum Gasteiger partial charge on any atom is -0.466 e. The molecule has 1 aromatic carbocycles. The number of hydrogen-bond acceptors (Lipinski definition) is 4. The fourth-order valence-electron chi connectivity index (χ4n) is 1.66. The van der Waals surface area contributed by atoms with Crippen LogP contribution in [-0.2, 0) is 16.0 Å². The predicted molar refractivity (Wildman–Crippen MR) is 64.8 cm³/mol. The van der Waals surface area contributed by atoms with Gasteiger partial charge in [-0.05, 0) is 30.7 Å². The van der Waals surface area contributed by atoms with Crippen LogP contribution in [0.1, 0.15) is 12.6 Å². The number of esters is 1. The summed E-state index contributed by atoms with van der Waals surface area (Å²) in [4.78, 5) is 19.2. The lowest BCUT2D eigenvalue weighted by atomic mass is 10.1. The van der Waals surface area contributed by atoms with Crippen molar-refractivity contribution in [3.63, 3.8) is 0 Å². The molecule has 6 heteroatoms. The molecular formula is C12H10ClFN2O2. The summed E-state index contributed by atoms with van der Waals surface area (Å²) in [5, 5.41) is 0.183. The first-order valence-corrected chi connectivity index (χ1v) is 5.76. The van der Waals surface area contributed by atoms with Crippen LogP contribution in [0.25, 0.3) is 10.9 Å². The van der Waals surface area contributed by atoms with Crippen molar-refractivity contribution in [1.29, 1.82) is 0 Å². The molecule has 18 heavy (non-hydrogen) atoms. The topological polar surface area (TPSA) is 52.1 Å². The molecule has 0 saturated carbocycles. The van der Waals surface area contributed by atoms with Crippen molar-refractivity contribution >= 4 is 28.5 Å². The maximum Gasteiger partial charge on any atom is 0.311 e. The molecule has 0 spiro atoms. The Kier molecular flexibility index (Phi) is 3.72. The quantitative estimate of drug-likeness (QED) is 0.634. The SMILES string of the molecule is CCOC(=O)Cc1nc(Cl)nc2cccc(F)c12. The number of carbonyl (C=O) groups is 1. The summed E-state index contributed by atoms with van der Waals surface area (Å²) in [5.41, 5.74) is 0.607. The lowest BCUT2D eigenvalue weighted by Gasteiger charge is -2.06. The van der Waals surface area contributed by atoms with Gasteiger partial charge in [-0.25, -0.2) is 14.4 Å². The Balaban J connectivity index is 2.51. The standard InChI is InChI=1S/C12H10ClFN2O2/c1-2-18-10(17)6-9-11-7(14)4-3-5-8(11)15-12(13)16-9/h3-5H,2,6H2,1H3. The Morgan fingerprint density at radius 2 is 2.22 bits per heavy atom. The molecular weight excluding hydrogens is 259 g/mol. The van der Waals surface area contributed by atoms with Crippen LogP contribution in [0.2, 0.25) is 5.28 Å². The Labute approximate surface area is 108 Å². The van der Waals surface area contributed by atoms with Gasteiger partial charge >= 0.3 is 5.97 Å². The lowest BCUT2D eigenvalue weighted by molar-refractivity contribution is -0.142. The second kappa shape index (κ2) is 5.27. The van der Waals surface area contributed by atoms with Crippen molar-refractivity contribution in [1.82, 2.24) is 9.97 Å². The molecule has 0 atom stereocenters. The molecule has 0 aliphatic rings. The van der Waals surface area contributed by atoms with E-state index in [1.54, 1.807) is 13.0 Å². The highest BCUT2D eigenvalue weighted by atomic mass is 35.5. The first kappa shape index (κ1) is 12.7. The fourth-order valence-corrected chi connectivity index (χ4v) is 1.85. The number of benzene rings is 1. The molecule has 2 aromatic rings. The predicted octanol–water partition coefficient (Wildman–Crippen LogP) is 2.53. The van der Waals surface area contributed by atoms with Crippen molar-refractivity contribution in [2.24, 2.45) is 0 Å². The summed E-state index contributed by atoms with van der Waals surface area (Å²) >= 11 is 5.74. The first-order valence-electron chi connectivity index (χ1n) is 5.38. The van der Waals surface area contributed by atoms with Gasteiger partial charge in [-0.1, -0.05) is 6.07 Å². The van der Waals surface area contributed by atoms with Crippen LogP contribution in [0.15, 0.2) is 18.2 Å². The highest BCUT2D eigenvalue weighted by Crippen LogP contribution is 2.21. The maximum atomic E-state index is 13.7. The van der Waals surface area contributed by atoms with E-state index in [1.807, 2.05) is 0 Å². The van der Waals surface area contributed by atoms with Gasteiger partial charge in [0.2, 0.25) is 5.28 Å². The zero-order chi connectivity index (χ0) is 13.1. The molecule has 4 nitrogen and oxygen atoms in total. The van der Waals surface area contributed by atoms with Crippen LogP contribution in [0.5, 0.6) is 0 Å². The van der Waals surface area contributed by atoms with E-state index in [4.69, 9.17) is 16.3 Å². The zero-order valence-corrected chi connectivity index (χ0v) is 10.4. The number of nitrogens with zero attached hydrogens (tertiary/aromatic N) is 2. The second-order valence-electron chi connectivity index (χ2n) is 3.56. The van der Waals surface area contributed by atoms with Crippen LogP contribution < -0.4 is 0 Å². The third kappa shape index (κ3) is 2.56. The zero-order valence-electron chi connectivity index (χ0n) is 9.61. The summed E-state index contributed by atoms with van der Waals surface area (Å²) in [6.07, 6.45) is -0.131. The van der Waals surface area contributed by atoms with Gasteiger partial charge in [-0.2, -0.15) is 0 Å². The normalized spacial score (nSPS) is 10.6. The largest absolute Gasteiger partial charge is 0.466 e. The van der Waals surface area contributed by atoms with E-state index in [1.165, 1.54) is 12.1 Å². The third-order valence-electron chi connectivity index (χ3n) is 2.34. The van der Waals surface area contributed by atoms with E-state index in [0.29, 0.717) is 5.52 Å². The van der Waals surface area contributed by atoms with Gasteiger partial charge in [-0.3, -0.25) is 4.79 Å². The average molecular weight is 269 g/mol. The number of carbonyl (C=O) groups excluding carboxylic acids is 1. The average Bonchev–Trinajstić information content (AvgIpc) is 2.28. The van der Waals surface area contributed by atoms with Crippen molar-refractivity contribution in [2.45, 2.75) is 13.3 Å². The molecule has 1 aromatic heterocycles. The third-order valence-corrected chi connectivity index (χ3v) is 2.51. The summed E-state index contributed by atoms with van der Waals surface area (Å²) in [6.45, 7) is 1.96. The van der Waals surface area contributed by atoms with E-state index < -0.39 is 11.8 Å². The van der Waals surface area contributed by atoms with Crippen LogP contribution in [0.3, 0.4) is 0 Å². The number of ether oxygens (including phenoxy) is 1. The van der Waals surface area contributed by atoms with Crippen molar-refractivity contribution in [3.8, 4) is 0 Å². The van der Waals surface area contributed by atoms with Gasteiger partial charge in [0, 0.05) is 0 Å².